The Kier molecular flexibility index (Phi) is 3.74. The first-order valence-electron chi connectivity index (χ1n) is 7.35. The molecule has 2 heterocycles. The van der Waals surface area contributed by atoms with Crippen molar-refractivity contribution in [3.05, 3.63) is 23.8 Å². The predicted molar refractivity (Wildman–Crippen MR) is 82.3 cm³/mol. The average Bonchev–Trinajstić information content (AvgIpc) is 2.76. The maximum atomic E-state index is 12.9. The smallest absolute Gasteiger partial charge is 0.243 e. The van der Waals surface area contributed by atoms with Crippen molar-refractivity contribution in [2.75, 3.05) is 25.1 Å². The number of carbonyl (C=O) groups excluding carboxylic acids is 1. The van der Waals surface area contributed by atoms with Crippen molar-refractivity contribution in [3.8, 4) is 0 Å². The Morgan fingerprint density at radius 1 is 1.27 bits per heavy atom. The monoisotopic (exact) mass is 324 g/mol. The van der Waals surface area contributed by atoms with Crippen molar-refractivity contribution in [2.24, 2.45) is 0 Å². The van der Waals surface area contributed by atoms with Crippen LogP contribution in [0, 0.1) is 0 Å². The molecular weight excluding hydrogens is 304 g/mol. The van der Waals surface area contributed by atoms with Crippen LogP contribution in [0.4, 0.5) is 5.69 Å². The summed E-state index contributed by atoms with van der Waals surface area (Å²) in [5, 5.41) is 0. The van der Waals surface area contributed by atoms with E-state index in [2.05, 4.69) is 0 Å². The second kappa shape index (κ2) is 5.33. The Labute approximate surface area is 130 Å². The Balaban J connectivity index is 1.97. The zero-order valence-electron chi connectivity index (χ0n) is 12.9. The number of carbonyl (C=O) groups is 1. The van der Waals surface area contributed by atoms with Gasteiger partial charge in [0.15, 0.2) is 0 Å². The van der Waals surface area contributed by atoms with Crippen molar-refractivity contribution in [1.29, 1.82) is 0 Å². The highest BCUT2D eigenvalue weighted by atomic mass is 32.2. The number of benzene rings is 1. The number of anilines is 1. The maximum absolute atomic E-state index is 12.9. The van der Waals surface area contributed by atoms with Crippen LogP contribution < -0.4 is 4.90 Å². The largest absolute Gasteiger partial charge is 0.375 e. The fraction of sp³-hybridized carbons (Fsp3) is 0.533. The topological polar surface area (TPSA) is 66.9 Å². The molecule has 0 aliphatic carbocycles. The van der Waals surface area contributed by atoms with E-state index in [1.54, 1.807) is 30.1 Å². The number of hydrogen-bond donors (Lipinski definition) is 0. The molecule has 0 N–H and O–H groups in total. The van der Waals surface area contributed by atoms with Gasteiger partial charge in [-0.2, -0.15) is 4.31 Å². The molecule has 1 fully saturated rings. The first kappa shape index (κ1) is 15.5. The van der Waals surface area contributed by atoms with Gasteiger partial charge < -0.3 is 9.64 Å². The van der Waals surface area contributed by atoms with Crippen LogP contribution in [-0.2, 0) is 26.0 Å². The molecule has 0 aromatic heterocycles. The second-order valence-corrected chi connectivity index (χ2v) is 7.74. The van der Waals surface area contributed by atoms with Crippen LogP contribution in [0.3, 0.4) is 0 Å². The summed E-state index contributed by atoms with van der Waals surface area (Å²) in [5.41, 5.74) is 1.55. The van der Waals surface area contributed by atoms with Crippen molar-refractivity contribution in [1.82, 2.24) is 4.31 Å². The Morgan fingerprint density at radius 3 is 2.73 bits per heavy atom. The standard InChI is InChI=1S/C15H20N2O4S/c1-10-11(2)21-7-6-17(10)22(19,20)13-4-5-14-12(8-13)9-15(18)16(14)3/h4-5,8,10-11H,6-7,9H2,1-3H3. The molecule has 2 unspecified atom stereocenters. The van der Waals surface area contributed by atoms with Gasteiger partial charge in [-0.25, -0.2) is 8.42 Å². The van der Waals surface area contributed by atoms with E-state index in [4.69, 9.17) is 4.74 Å². The van der Waals surface area contributed by atoms with Crippen molar-refractivity contribution < 1.29 is 17.9 Å². The van der Waals surface area contributed by atoms with E-state index in [0.717, 1.165) is 11.3 Å². The Bertz CT molecular complexity index is 716. The van der Waals surface area contributed by atoms with E-state index in [9.17, 15) is 13.2 Å². The lowest BCUT2D eigenvalue weighted by atomic mass is 10.2. The van der Waals surface area contributed by atoms with E-state index >= 15 is 0 Å². The third-order valence-corrected chi connectivity index (χ3v) is 6.54. The van der Waals surface area contributed by atoms with Crippen LogP contribution >= 0.6 is 0 Å². The third-order valence-electron chi connectivity index (χ3n) is 4.56. The molecule has 1 saturated heterocycles. The SMILES string of the molecule is CC1OCCN(S(=O)(=O)c2ccc3c(c2)CC(=O)N3C)C1C. The summed E-state index contributed by atoms with van der Waals surface area (Å²) in [5.74, 6) is -0.0158. The zero-order chi connectivity index (χ0) is 16.1. The minimum absolute atomic E-state index is 0.0158. The molecule has 1 aromatic carbocycles. The number of morpholine rings is 1. The molecule has 1 aromatic rings. The van der Waals surface area contributed by atoms with Gasteiger partial charge in [-0.3, -0.25) is 4.79 Å². The normalized spacial score (nSPS) is 26.3. The molecule has 0 radical (unpaired) electrons. The summed E-state index contributed by atoms with van der Waals surface area (Å²) in [6, 6.07) is 4.70. The maximum Gasteiger partial charge on any atom is 0.243 e. The highest BCUT2D eigenvalue weighted by molar-refractivity contribution is 7.89. The lowest BCUT2D eigenvalue weighted by Crippen LogP contribution is -2.51. The second-order valence-electron chi connectivity index (χ2n) is 5.85. The predicted octanol–water partition coefficient (Wildman–Crippen LogP) is 1.00. The number of ether oxygens (including phenoxy) is 1. The summed E-state index contributed by atoms with van der Waals surface area (Å²) >= 11 is 0. The van der Waals surface area contributed by atoms with Crippen molar-refractivity contribution in [2.45, 2.75) is 37.3 Å². The number of amides is 1. The van der Waals surface area contributed by atoms with Crippen molar-refractivity contribution in [3.63, 3.8) is 0 Å². The fourth-order valence-corrected chi connectivity index (χ4v) is 4.71. The first-order chi connectivity index (χ1) is 10.3. The molecule has 22 heavy (non-hydrogen) atoms. The minimum Gasteiger partial charge on any atom is -0.375 e. The fourth-order valence-electron chi connectivity index (χ4n) is 2.99. The van der Waals surface area contributed by atoms with Gasteiger partial charge in [-0.1, -0.05) is 0 Å². The molecule has 2 aliphatic rings. The quantitative estimate of drug-likeness (QED) is 0.814. The molecular formula is C15H20N2O4S. The van der Waals surface area contributed by atoms with E-state index in [1.165, 1.54) is 4.31 Å². The molecule has 0 bridgehead atoms. The van der Waals surface area contributed by atoms with E-state index < -0.39 is 10.0 Å². The van der Waals surface area contributed by atoms with Gasteiger partial charge in [0.25, 0.3) is 0 Å². The summed E-state index contributed by atoms with van der Waals surface area (Å²) in [7, 11) is -1.87. The molecule has 6 nitrogen and oxygen atoms in total. The number of sulfonamides is 1. The number of rotatable bonds is 2. The summed E-state index contributed by atoms with van der Waals surface area (Å²) in [6.45, 7) is 4.48. The van der Waals surface area contributed by atoms with Gasteiger partial charge in [0.1, 0.15) is 0 Å². The van der Waals surface area contributed by atoms with Crippen LogP contribution in [-0.4, -0.2) is 51.0 Å². The summed E-state index contributed by atoms with van der Waals surface area (Å²) < 4.78 is 32.7. The van der Waals surface area contributed by atoms with E-state index in [-0.39, 0.29) is 29.4 Å². The first-order valence-corrected chi connectivity index (χ1v) is 8.79. The Morgan fingerprint density at radius 2 is 2.00 bits per heavy atom. The van der Waals surface area contributed by atoms with Gasteiger partial charge in [0, 0.05) is 25.3 Å². The van der Waals surface area contributed by atoms with Crippen LogP contribution in [0.5, 0.6) is 0 Å². The van der Waals surface area contributed by atoms with Crippen LogP contribution in [0.1, 0.15) is 19.4 Å². The Hall–Kier alpha value is -1.44. The van der Waals surface area contributed by atoms with E-state index in [1.807, 2.05) is 13.8 Å². The highest BCUT2D eigenvalue weighted by Gasteiger charge is 2.36. The molecule has 0 saturated carbocycles. The highest BCUT2D eigenvalue weighted by Crippen LogP contribution is 2.31. The number of hydrogen-bond acceptors (Lipinski definition) is 4. The minimum atomic E-state index is -3.58. The van der Waals surface area contributed by atoms with Gasteiger partial charge >= 0.3 is 0 Å². The lowest BCUT2D eigenvalue weighted by molar-refractivity contribution is -0.117. The van der Waals surface area contributed by atoms with Gasteiger partial charge in [-0.05, 0) is 37.6 Å². The zero-order valence-corrected chi connectivity index (χ0v) is 13.8. The van der Waals surface area contributed by atoms with Gasteiger partial charge in [0.2, 0.25) is 15.9 Å². The molecule has 0 spiro atoms. The molecule has 2 aliphatic heterocycles. The van der Waals surface area contributed by atoms with Crippen LogP contribution in [0.15, 0.2) is 23.1 Å². The van der Waals surface area contributed by atoms with Gasteiger partial charge in [-0.15, -0.1) is 0 Å². The molecule has 2 atom stereocenters. The van der Waals surface area contributed by atoms with Crippen LogP contribution in [0.2, 0.25) is 0 Å². The average molecular weight is 324 g/mol. The van der Waals surface area contributed by atoms with Crippen LogP contribution in [0.25, 0.3) is 0 Å². The number of nitrogens with zero attached hydrogens (tertiary/aromatic N) is 2. The number of likely N-dealkylation sites (N-methyl/N-ethyl adjacent to an activating group) is 1. The summed E-state index contributed by atoms with van der Waals surface area (Å²) in [4.78, 5) is 13.5. The van der Waals surface area contributed by atoms with Gasteiger partial charge in [0.05, 0.1) is 24.0 Å². The summed E-state index contributed by atoms with van der Waals surface area (Å²) in [6.07, 6.45) is 0.121. The van der Waals surface area contributed by atoms with E-state index in [0.29, 0.717) is 13.2 Å². The number of fused-ring (bicyclic) bond motifs is 1. The molecule has 3 rings (SSSR count). The van der Waals surface area contributed by atoms with Crippen molar-refractivity contribution >= 4 is 21.6 Å². The molecule has 7 heteroatoms. The third kappa shape index (κ3) is 2.33. The molecule has 1 amide bonds. The molecule has 120 valence electrons. The lowest BCUT2D eigenvalue weighted by Gasteiger charge is -2.36.